The van der Waals surface area contributed by atoms with Crippen molar-refractivity contribution in [3.63, 3.8) is 0 Å². The van der Waals surface area contributed by atoms with Crippen LogP contribution in [0.2, 0.25) is 0 Å². The van der Waals surface area contributed by atoms with E-state index < -0.39 is 6.10 Å². The summed E-state index contributed by atoms with van der Waals surface area (Å²) < 4.78 is 5.07. The maximum absolute atomic E-state index is 9.31. The lowest BCUT2D eigenvalue weighted by Gasteiger charge is -2.08. The van der Waals surface area contributed by atoms with Gasteiger partial charge in [-0.15, -0.1) is 0 Å². The Balaban J connectivity index is 3.06. The van der Waals surface area contributed by atoms with Crippen molar-refractivity contribution in [2.24, 2.45) is 0 Å². The first-order valence-corrected chi connectivity index (χ1v) is 3.97. The normalized spacial score (nSPS) is 12.7. The molecule has 0 aliphatic heterocycles. The van der Waals surface area contributed by atoms with Gasteiger partial charge < -0.3 is 9.84 Å². The van der Waals surface area contributed by atoms with Gasteiger partial charge >= 0.3 is 0 Å². The molecule has 0 heterocycles. The van der Waals surface area contributed by atoms with Crippen LogP contribution in [0.1, 0.15) is 24.2 Å². The Morgan fingerprint density at radius 3 is 2.50 bits per heavy atom. The molecular weight excluding hydrogens is 152 g/mol. The summed E-state index contributed by atoms with van der Waals surface area (Å²) in [7, 11) is 1.63. The third-order valence-corrected chi connectivity index (χ3v) is 1.79. The standard InChI is InChI=1S/C10H14O2/c1-7-4-9(8(2)11)6-10(5-7)12-3/h4-6,8,11H,1-3H3. The van der Waals surface area contributed by atoms with Gasteiger partial charge in [-0.3, -0.25) is 0 Å². The lowest BCUT2D eigenvalue weighted by Crippen LogP contribution is -1.93. The van der Waals surface area contributed by atoms with E-state index >= 15 is 0 Å². The van der Waals surface area contributed by atoms with Gasteiger partial charge in [-0.05, 0) is 37.1 Å². The maximum atomic E-state index is 9.31. The molecule has 1 aromatic carbocycles. The largest absolute Gasteiger partial charge is 0.497 e. The molecule has 0 saturated heterocycles. The molecule has 2 nitrogen and oxygen atoms in total. The monoisotopic (exact) mass is 166 g/mol. The van der Waals surface area contributed by atoms with Gasteiger partial charge in [0.2, 0.25) is 0 Å². The smallest absolute Gasteiger partial charge is 0.119 e. The highest BCUT2D eigenvalue weighted by molar-refractivity contribution is 5.34. The summed E-state index contributed by atoms with van der Waals surface area (Å²) in [5, 5.41) is 9.31. The van der Waals surface area contributed by atoms with Crippen molar-refractivity contribution in [1.82, 2.24) is 0 Å². The molecule has 0 saturated carbocycles. The van der Waals surface area contributed by atoms with Crippen LogP contribution in [-0.2, 0) is 0 Å². The number of hydrogen-bond donors (Lipinski definition) is 1. The fourth-order valence-electron chi connectivity index (χ4n) is 1.14. The summed E-state index contributed by atoms with van der Waals surface area (Å²) >= 11 is 0. The van der Waals surface area contributed by atoms with Crippen molar-refractivity contribution in [3.05, 3.63) is 29.3 Å². The predicted molar refractivity (Wildman–Crippen MR) is 48.4 cm³/mol. The van der Waals surface area contributed by atoms with Crippen LogP contribution >= 0.6 is 0 Å². The first kappa shape index (κ1) is 9.07. The molecule has 0 aromatic heterocycles. The van der Waals surface area contributed by atoms with E-state index in [0.29, 0.717) is 0 Å². The fourth-order valence-corrected chi connectivity index (χ4v) is 1.14. The van der Waals surface area contributed by atoms with Gasteiger partial charge in [-0.2, -0.15) is 0 Å². The van der Waals surface area contributed by atoms with E-state index in [2.05, 4.69) is 0 Å². The Kier molecular flexibility index (Phi) is 2.71. The van der Waals surface area contributed by atoms with Gasteiger partial charge in [0.25, 0.3) is 0 Å². The molecule has 0 radical (unpaired) electrons. The number of aliphatic hydroxyl groups is 1. The maximum Gasteiger partial charge on any atom is 0.119 e. The SMILES string of the molecule is COc1cc(C)cc(C(C)O)c1. The van der Waals surface area contributed by atoms with Crippen molar-refractivity contribution in [2.75, 3.05) is 7.11 Å². The highest BCUT2D eigenvalue weighted by Crippen LogP contribution is 2.20. The molecule has 0 aliphatic carbocycles. The van der Waals surface area contributed by atoms with Gasteiger partial charge in [0, 0.05) is 0 Å². The molecule has 0 bridgehead atoms. The average molecular weight is 166 g/mol. The van der Waals surface area contributed by atoms with Crippen molar-refractivity contribution >= 4 is 0 Å². The van der Waals surface area contributed by atoms with Crippen molar-refractivity contribution < 1.29 is 9.84 Å². The number of benzene rings is 1. The van der Waals surface area contributed by atoms with Gasteiger partial charge in [0.15, 0.2) is 0 Å². The summed E-state index contributed by atoms with van der Waals surface area (Å²) in [6.07, 6.45) is -0.432. The highest BCUT2D eigenvalue weighted by atomic mass is 16.5. The summed E-state index contributed by atoms with van der Waals surface area (Å²) in [4.78, 5) is 0. The Morgan fingerprint density at radius 2 is 2.00 bits per heavy atom. The molecule has 1 unspecified atom stereocenters. The third kappa shape index (κ3) is 1.98. The zero-order valence-corrected chi connectivity index (χ0v) is 7.66. The molecule has 0 aliphatic rings. The molecular formula is C10H14O2. The van der Waals surface area contributed by atoms with Crippen LogP contribution in [0.5, 0.6) is 5.75 Å². The quantitative estimate of drug-likeness (QED) is 0.728. The minimum atomic E-state index is -0.432. The average Bonchev–Trinajstić information content (AvgIpc) is 2.03. The molecule has 0 amide bonds. The molecule has 2 heteroatoms. The number of methoxy groups -OCH3 is 1. The van der Waals surface area contributed by atoms with E-state index in [0.717, 1.165) is 16.9 Å². The van der Waals surface area contributed by atoms with Crippen LogP contribution in [0.3, 0.4) is 0 Å². The molecule has 1 atom stereocenters. The van der Waals surface area contributed by atoms with Gasteiger partial charge in [0.05, 0.1) is 13.2 Å². The zero-order valence-electron chi connectivity index (χ0n) is 7.66. The number of aliphatic hydroxyl groups excluding tert-OH is 1. The van der Waals surface area contributed by atoms with Crippen LogP contribution in [0.4, 0.5) is 0 Å². The van der Waals surface area contributed by atoms with Crippen LogP contribution in [0, 0.1) is 6.92 Å². The van der Waals surface area contributed by atoms with Crippen molar-refractivity contribution in [2.45, 2.75) is 20.0 Å². The number of hydrogen-bond acceptors (Lipinski definition) is 2. The third-order valence-electron chi connectivity index (χ3n) is 1.79. The lowest BCUT2D eigenvalue weighted by molar-refractivity contribution is 0.198. The van der Waals surface area contributed by atoms with Crippen LogP contribution in [-0.4, -0.2) is 12.2 Å². The summed E-state index contributed by atoms with van der Waals surface area (Å²) in [5.41, 5.74) is 2.00. The molecule has 1 rings (SSSR count). The van der Waals surface area contributed by atoms with Crippen LogP contribution in [0.25, 0.3) is 0 Å². The van der Waals surface area contributed by atoms with E-state index in [4.69, 9.17) is 4.74 Å². The predicted octanol–water partition coefficient (Wildman–Crippen LogP) is 2.06. The van der Waals surface area contributed by atoms with Crippen molar-refractivity contribution in [1.29, 1.82) is 0 Å². The van der Waals surface area contributed by atoms with Gasteiger partial charge in [-0.1, -0.05) is 6.07 Å². The van der Waals surface area contributed by atoms with E-state index in [1.54, 1.807) is 14.0 Å². The Morgan fingerprint density at radius 1 is 1.33 bits per heavy atom. The van der Waals surface area contributed by atoms with E-state index in [1.165, 1.54) is 0 Å². The summed E-state index contributed by atoms with van der Waals surface area (Å²) in [6, 6.07) is 5.73. The highest BCUT2D eigenvalue weighted by Gasteiger charge is 2.02. The molecule has 1 N–H and O–H groups in total. The zero-order chi connectivity index (χ0) is 9.14. The second-order valence-electron chi connectivity index (χ2n) is 2.96. The van der Waals surface area contributed by atoms with E-state index in [-0.39, 0.29) is 0 Å². The first-order chi connectivity index (χ1) is 5.63. The molecule has 66 valence electrons. The summed E-state index contributed by atoms with van der Waals surface area (Å²) in [6.45, 7) is 3.72. The number of ether oxygens (including phenoxy) is 1. The minimum Gasteiger partial charge on any atom is -0.497 e. The van der Waals surface area contributed by atoms with Gasteiger partial charge in [0.1, 0.15) is 5.75 Å². The number of aryl methyl sites for hydroxylation is 1. The van der Waals surface area contributed by atoms with E-state index in [1.807, 2.05) is 25.1 Å². The van der Waals surface area contributed by atoms with Crippen LogP contribution < -0.4 is 4.74 Å². The number of rotatable bonds is 2. The second-order valence-corrected chi connectivity index (χ2v) is 2.96. The topological polar surface area (TPSA) is 29.5 Å². The fraction of sp³-hybridized carbons (Fsp3) is 0.400. The first-order valence-electron chi connectivity index (χ1n) is 3.97. The molecule has 0 spiro atoms. The minimum absolute atomic E-state index is 0.432. The lowest BCUT2D eigenvalue weighted by atomic mass is 10.1. The second kappa shape index (κ2) is 3.59. The Hall–Kier alpha value is -1.02. The van der Waals surface area contributed by atoms with Crippen LogP contribution in [0.15, 0.2) is 18.2 Å². The molecule has 0 fully saturated rings. The summed E-state index contributed by atoms with van der Waals surface area (Å²) in [5.74, 6) is 0.797. The Bertz CT molecular complexity index is 267. The molecule has 12 heavy (non-hydrogen) atoms. The van der Waals surface area contributed by atoms with Gasteiger partial charge in [-0.25, -0.2) is 0 Å². The Labute approximate surface area is 72.8 Å². The van der Waals surface area contributed by atoms with E-state index in [9.17, 15) is 5.11 Å². The molecule has 1 aromatic rings. The van der Waals surface area contributed by atoms with Crippen molar-refractivity contribution in [3.8, 4) is 5.75 Å².